The van der Waals surface area contributed by atoms with Gasteiger partial charge in [0.1, 0.15) is 6.61 Å². The summed E-state index contributed by atoms with van der Waals surface area (Å²) in [6.45, 7) is 1.13. The summed E-state index contributed by atoms with van der Waals surface area (Å²) in [4.78, 5) is 0. The molecule has 0 atom stereocenters. The van der Waals surface area contributed by atoms with Crippen molar-refractivity contribution < 1.29 is 14.4 Å². The van der Waals surface area contributed by atoms with Crippen molar-refractivity contribution in [3.05, 3.63) is 17.0 Å². The van der Waals surface area contributed by atoms with E-state index >= 15 is 0 Å². The Morgan fingerprint density at radius 3 is 3.27 bits per heavy atom. The molecule has 1 aliphatic rings. The summed E-state index contributed by atoms with van der Waals surface area (Å²) >= 11 is 0. The van der Waals surface area contributed by atoms with Gasteiger partial charge in [-0.1, -0.05) is 5.16 Å². The number of hydrogen-bond acceptors (Lipinski definition) is 4. The van der Waals surface area contributed by atoms with Crippen LogP contribution < -0.4 is 0 Å². The summed E-state index contributed by atoms with van der Waals surface area (Å²) in [5.41, 5.74) is 1.86. The Labute approximate surface area is 63.8 Å². The molecule has 60 valence electrons. The standard InChI is InChI=1S/C7H9NO3/c9-3-7-5-4-10-2-1-6(5)8-11-7/h9H,1-4H2. The third-order valence-electron chi connectivity index (χ3n) is 1.82. The Kier molecular flexibility index (Phi) is 1.63. The summed E-state index contributed by atoms with van der Waals surface area (Å²) < 4.78 is 10.1. The van der Waals surface area contributed by atoms with Crippen LogP contribution in [0.2, 0.25) is 0 Å². The van der Waals surface area contributed by atoms with Gasteiger partial charge in [0.15, 0.2) is 5.76 Å². The van der Waals surface area contributed by atoms with Crippen LogP contribution in [-0.2, 0) is 24.4 Å². The van der Waals surface area contributed by atoms with Crippen molar-refractivity contribution in [2.45, 2.75) is 19.6 Å². The maximum Gasteiger partial charge on any atom is 0.167 e. The number of aromatic nitrogens is 1. The topological polar surface area (TPSA) is 55.5 Å². The Balaban J connectivity index is 2.38. The van der Waals surface area contributed by atoms with Crippen molar-refractivity contribution in [1.82, 2.24) is 5.16 Å². The quantitative estimate of drug-likeness (QED) is 0.631. The molecule has 0 aliphatic carbocycles. The SMILES string of the molecule is OCc1onc2c1COCC2. The van der Waals surface area contributed by atoms with Gasteiger partial charge in [-0.3, -0.25) is 0 Å². The molecule has 1 N–H and O–H groups in total. The zero-order chi connectivity index (χ0) is 7.68. The fraction of sp³-hybridized carbons (Fsp3) is 0.571. The number of fused-ring (bicyclic) bond motifs is 1. The van der Waals surface area contributed by atoms with Crippen molar-refractivity contribution in [1.29, 1.82) is 0 Å². The minimum Gasteiger partial charge on any atom is -0.388 e. The summed E-state index contributed by atoms with van der Waals surface area (Å²) in [7, 11) is 0. The zero-order valence-corrected chi connectivity index (χ0v) is 6.04. The summed E-state index contributed by atoms with van der Waals surface area (Å²) in [5, 5.41) is 12.6. The molecule has 1 aromatic heterocycles. The van der Waals surface area contributed by atoms with Crippen LogP contribution in [-0.4, -0.2) is 16.9 Å². The van der Waals surface area contributed by atoms with Crippen LogP contribution in [0.1, 0.15) is 17.0 Å². The van der Waals surface area contributed by atoms with Crippen LogP contribution in [0.4, 0.5) is 0 Å². The highest BCUT2D eigenvalue weighted by Crippen LogP contribution is 2.19. The van der Waals surface area contributed by atoms with E-state index in [-0.39, 0.29) is 6.61 Å². The lowest BCUT2D eigenvalue weighted by atomic mass is 10.1. The Morgan fingerprint density at radius 1 is 1.55 bits per heavy atom. The summed E-state index contributed by atoms with van der Waals surface area (Å²) in [6, 6.07) is 0. The number of aliphatic hydroxyl groups excluding tert-OH is 1. The molecular formula is C7H9NO3. The second-order valence-corrected chi connectivity index (χ2v) is 2.49. The largest absolute Gasteiger partial charge is 0.388 e. The van der Waals surface area contributed by atoms with Gasteiger partial charge in [-0.15, -0.1) is 0 Å². The summed E-state index contributed by atoms with van der Waals surface area (Å²) in [5.74, 6) is 0.541. The van der Waals surface area contributed by atoms with Crippen LogP contribution in [0, 0.1) is 0 Å². The maximum atomic E-state index is 8.79. The van der Waals surface area contributed by atoms with Crippen LogP contribution in [0.25, 0.3) is 0 Å². The molecule has 11 heavy (non-hydrogen) atoms. The van der Waals surface area contributed by atoms with Crippen molar-refractivity contribution in [2.75, 3.05) is 6.61 Å². The molecular weight excluding hydrogens is 146 g/mol. The minimum absolute atomic E-state index is 0.0916. The Hall–Kier alpha value is -0.870. The predicted octanol–water partition coefficient (Wildman–Crippen LogP) is 0.240. The van der Waals surface area contributed by atoms with E-state index in [0.717, 1.165) is 17.7 Å². The van der Waals surface area contributed by atoms with Gasteiger partial charge in [-0.05, 0) is 0 Å². The molecule has 0 radical (unpaired) electrons. The van der Waals surface area contributed by atoms with Crippen molar-refractivity contribution >= 4 is 0 Å². The fourth-order valence-electron chi connectivity index (χ4n) is 1.21. The van der Waals surface area contributed by atoms with Gasteiger partial charge < -0.3 is 14.4 Å². The second kappa shape index (κ2) is 2.64. The van der Waals surface area contributed by atoms with Gasteiger partial charge in [0.05, 0.1) is 18.9 Å². The molecule has 4 nitrogen and oxygen atoms in total. The van der Waals surface area contributed by atoms with E-state index in [9.17, 15) is 0 Å². The maximum absolute atomic E-state index is 8.79. The van der Waals surface area contributed by atoms with Crippen LogP contribution in [0.5, 0.6) is 0 Å². The van der Waals surface area contributed by atoms with Crippen LogP contribution >= 0.6 is 0 Å². The first-order valence-electron chi connectivity index (χ1n) is 3.56. The van der Waals surface area contributed by atoms with Crippen LogP contribution in [0.15, 0.2) is 4.52 Å². The first-order valence-corrected chi connectivity index (χ1v) is 3.56. The lowest BCUT2D eigenvalue weighted by Crippen LogP contribution is -2.09. The molecule has 2 heterocycles. The van der Waals surface area contributed by atoms with Crippen molar-refractivity contribution in [3.8, 4) is 0 Å². The zero-order valence-electron chi connectivity index (χ0n) is 6.04. The van der Waals surface area contributed by atoms with Gasteiger partial charge in [0, 0.05) is 12.0 Å². The normalized spacial score (nSPS) is 16.5. The molecule has 2 rings (SSSR count). The molecule has 0 spiro atoms. The summed E-state index contributed by atoms with van der Waals surface area (Å²) in [6.07, 6.45) is 0.791. The van der Waals surface area contributed by atoms with E-state index in [4.69, 9.17) is 14.4 Å². The van der Waals surface area contributed by atoms with E-state index in [1.807, 2.05) is 0 Å². The molecule has 4 heteroatoms. The van der Waals surface area contributed by atoms with Gasteiger partial charge in [-0.25, -0.2) is 0 Å². The number of nitrogens with zero attached hydrogens (tertiary/aromatic N) is 1. The van der Waals surface area contributed by atoms with Crippen LogP contribution in [0.3, 0.4) is 0 Å². The van der Waals surface area contributed by atoms with Gasteiger partial charge in [0.25, 0.3) is 0 Å². The Morgan fingerprint density at radius 2 is 2.45 bits per heavy atom. The molecule has 0 saturated heterocycles. The number of aliphatic hydroxyl groups is 1. The lowest BCUT2D eigenvalue weighted by Gasteiger charge is -2.09. The molecule has 0 unspecified atom stereocenters. The smallest absolute Gasteiger partial charge is 0.167 e. The van der Waals surface area contributed by atoms with Crippen molar-refractivity contribution in [2.24, 2.45) is 0 Å². The highest BCUT2D eigenvalue weighted by Gasteiger charge is 2.18. The minimum atomic E-state index is -0.0916. The van der Waals surface area contributed by atoms with Gasteiger partial charge in [-0.2, -0.15) is 0 Å². The predicted molar refractivity (Wildman–Crippen MR) is 35.8 cm³/mol. The number of rotatable bonds is 1. The molecule has 0 saturated carbocycles. The monoisotopic (exact) mass is 155 g/mol. The third kappa shape index (κ3) is 1.04. The average molecular weight is 155 g/mol. The molecule has 1 aliphatic heterocycles. The van der Waals surface area contributed by atoms with Gasteiger partial charge in [0.2, 0.25) is 0 Å². The van der Waals surface area contributed by atoms with Crippen molar-refractivity contribution in [3.63, 3.8) is 0 Å². The Bertz CT molecular complexity index is 243. The van der Waals surface area contributed by atoms with Gasteiger partial charge >= 0.3 is 0 Å². The highest BCUT2D eigenvalue weighted by atomic mass is 16.5. The molecule has 0 bridgehead atoms. The van der Waals surface area contributed by atoms with E-state index in [0.29, 0.717) is 19.0 Å². The van der Waals surface area contributed by atoms with E-state index in [1.165, 1.54) is 0 Å². The molecule has 1 aromatic rings. The molecule has 0 amide bonds. The lowest BCUT2D eigenvalue weighted by molar-refractivity contribution is 0.108. The highest BCUT2D eigenvalue weighted by molar-refractivity contribution is 5.23. The van der Waals surface area contributed by atoms with E-state index in [2.05, 4.69) is 5.16 Å². The average Bonchev–Trinajstić information content (AvgIpc) is 2.47. The molecule has 0 fully saturated rings. The molecule has 0 aromatic carbocycles. The number of hydrogen-bond donors (Lipinski definition) is 1. The first kappa shape index (κ1) is 6.82. The second-order valence-electron chi connectivity index (χ2n) is 2.49. The van der Waals surface area contributed by atoms with E-state index < -0.39 is 0 Å². The van der Waals surface area contributed by atoms with E-state index in [1.54, 1.807) is 0 Å². The third-order valence-corrected chi connectivity index (χ3v) is 1.82. The first-order chi connectivity index (χ1) is 5.42. The fourth-order valence-corrected chi connectivity index (χ4v) is 1.21. The number of ether oxygens (including phenoxy) is 1.